The molecule has 0 aliphatic carbocycles. The summed E-state index contributed by atoms with van der Waals surface area (Å²) in [6.07, 6.45) is 3.21. The molecule has 1 aliphatic heterocycles. The Hall–Kier alpha value is -1.11. The third-order valence-corrected chi connectivity index (χ3v) is 3.00. The van der Waals surface area contributed by atoms with Crippen molar-refractivity contribution in [1.82, 2.24) is 5.32 Å². The molecule has 13 heavy (non-hydrogen) atoms. The van der Waals surface area contributed by atoms with Crippen LogP contribution in [-0.2, 0) is 0 Å². The molecule has 0 amide bonds. The molecule has 2 heterocycles. The Kier molecular flexibility index (Phi) is 2.44. The molecule has 1 aromatic heterocycles. The van der Waals surface area contributed by atoms with Crippen LogP contribution >= 0.6 is 11.3 Å². The molecule has 0 spiro atoms. The highest BCUT2D eigenvalue weighted by Gasteiger charge is 2.10. The van der Waals surface area contributed by atoms with Crippen LogP contribution in [0.1, 0.15) is 16.9 Å². The summed E-state index contributed by atoms with van der Waals surface area (Å²) in [5.41, 5.74) is 2.45. The fourth-order valence-electron chi connectivity index (χ4n) is 1.52. The van der Waals surface area contributed by atoms with E-state index >= 15 is 0 Å². The van der Waals surface area contributed by atoms with Crippen molar-refractivity contribution in [1.29, 1.82) is 5.26 Å². The van der Waals surface area contributed by atoms with E-state index in [1.165, 1.54) is 16.9 Å². The van der Waals surface area contributed by atoms with E-state index in [0.29, 0.717) is 0 Å². The van der Waals surface area contributed by atoms with E-state index in [1.807, 2.05) is 11.4 Å². The van der Waals surface area contributed by atoms with E-state index in [4.69, 9.17) is 5.26 Å². The fourth-order valence-corrected chi connectivity index (χ4v) is 2.23. The van der Waals surface area contributed by atoms with Crippen molar-refractivity contribution in [3.8, 4) is 6.07 Å². The first kappa shape index (κ1) is 8.49. The smallest absolute Gasteiger partial charge is 0.112 e. The molecule has 1 aliphatic rings. The molecule has 2 rings (SSSR count). The highest BCUT2D eigenvalue weighted by Crippen LogP contribution is 2.26. The Morgan fingerprint density at radius 2 is 2.46 bits per heavy atom. The number of thiophene rings is 1. The fraction of sp³-hybridized carbons (Fsp3) is 0.300. The van der Waals surface area contributed by atoms with Crippen LogP contribution in [0.3, 0.4) is 0 Å². The van der Waals surface area contributed by atoms with E-state index in [1.54, 1.807) is 0 Å². The van der Waals surface area contributed by atoms with Crippen LogP contribution < -0.4 is 5.32 Å². The third kappa shape index (κ3) is 1.64. The lowest BCUT2D eigenvalue weighted by molar-refractivity contribution is 0.739. The molecule has 0 saturated carbocycles. The molecule has 0 bridgehead atoms. The molecular weight excluding hydrogens is 180 g/mol. The minimum Gasteiger partial charge on any atom is -0.313 e. The van der Waals surface area contributed by atoms with Crippen LogP contribution in [0.25, 0.3) is 5.57 Å². The molecular formula is C10H10N2S. The van der Waals surface area contributed by atoms with Crippen molar-refractivity contribution in [3.63, 3.8) is 0 Å². The monoisotopic (exact) mass is 190 g/mol. The average Bonchev–Trinajstić information content (AvgIpc) is 2.67. The maximum Gasteiger partial charge on any atom is 0.112 e. The molecule has 2 nitrogen and oxygen atoms in total. The first-order valence-electron chi connectivity index (χ1n) is 4.29. The summed E-state index contributed by atoms with van der Waals surface area (Å²) < 4.78 is 0. The Morgan fingerprint density at radius 3 is 3.15 bits per heavy atom. The molecule has 0 aromatic carbocycles. The number of rotatable bonds is 1. The standard InChI is InChI=1S/C10H10N2S/c11-7-10-9(3-6-13-10)8-1-4-12-5-2-8/h1,3,6,12H,2,4-5H2. The van der Waals surface area contributed by atoms with Crippen LogP contribution in [0, 0.1) is 11.3 Å². The molecule has 66 valence electrons. The molecule has 0 fully saturated rings. The van der Waals surface area contributed by atoms with E-state index in [0.717, 1.165) is 30.0 Å². The van der Waals surface area contributed by atoms with E-state index in [-0.39, 0.29) is 0 Å². The molecule has 0 atom stereocenters. The molecule has 1 N–H and O–H groups in total. The summed E-state index contributed by atoms with van der Waals surface area (Å²) in [6, 6.07) is 4.27. The zero-order valence-corrected chi connectivity index (χ0v) is 8.03. The Balaban J connectivity index is 2.34. The van der Waals surface area contributed by atoms with Gasteiger partial charge in [-0.25, -0.2) is 0 Å². The summed E-state index contributed by atoms with van der Waals surface area (Å²) in [5.74, 6) is 0. The van der Waals surface area contributed by atoms with Crippen LogP contribution in [0.15, 0.2) is 17.5 Å². The number of nitriles is 1. The summed E-state index contributed by atoms with van der Waals surface area (Å²) in [7, 11) is 0. The maximum absolute atomic E-state index is 8.86. The van der Waals surface area contributed by atoms with Gasteiger partial charge in [0.05, 0.1) is 0 Å². The molecule has 1 aromatic rings. The lowest BCUT2D eigenvalue weighted by Gasteiger charge is -2.12. The first-order chi connectivity index (χ1) is 6.42. The number of nitrogens with zero attached hydrogens (tertiary/aromatic N) is 1. The second-order valence-corrected chi connectivity index (χ2v) is 3.87. The summed E-state index contributed by atoms with van der Waals surface area (Å²) >= 11 is 1.52. The molecule has 0 unspecified atom stereocenters. The molecule has 3 heteroatoms. The van der Waals surface area contributed by atoms with E-state index < -0.39 is 0 Å². The highest BCUT2D eigenvalue weighted by molar-refractivity contribution is 7.10. The van der Waals surface area contributed by atoms with Gasteiger partial charge in [-0.3, -0.25) is 0 Å². The predicted molar refractivity (Wildman–Crippen MR) is 54.5 cm³/mol. The van der Waals surface area contributed by atoms with Crippen molar-refractivity contribution >= 4 is 16.9 Å². The van der Waals surface area contributed by atoms with Gasteiger partial charge in [-0.15, -0.1) is 11.3 Å². The van der Waals surface area contributed by atoms with Crippen molar-refractivity contribution in [3.05, 3.63) is 28.0 Å². The van der Waals surface area contributed by atoms with Gasteiger partial charge in [0.1, 0.15) is 10.9 Å². The molecule has 0 saturated heterocycles. The van der Waals surface area contributed by atoms with Gasteiger partial charge in [0, 0.05) is 12.1 Å². The van der Waals surface area contributed by atoms with Gasteiger partial charge in [0.2, 0.25) is 0 Å². The Morgan fingerprint density at radius 1 is 1.54 bits per heavy atom. The third-order valence-electron chi connectivity index (χ3n) is 2.18. The number of hydrogen-bond donors (Lipinski definition) is 1. The average molecular weight is 190 g/mol. The van der Waals surface area contributed by atoms with Crippen LogP contribution in [-0.4, -0.2) is 13.1 Å². The van der Waals surface area contributed by atoms with Gasteiger partial charge >= 0.3 is 0 Å². The lowest BCUT2D eigenvalue weighted by atomic mass is 10.0. The first-order valence-corrected chi connectivity index (χ1v) is 5.17. The van der Waals surface area contributed by atoms with Gasteiger partial charge in [0.25, 0.3) is 0 Å². The van der Waals surface area contributed by atoms with Gasteiger partial charge in [-0.2, -0.15) is 5.26 Å². The van der Waals surface area contributed by atoms with Crippen LogP contribution in [0.2, 0.25) is 0 Å². The Labute approximate surface area is 81.5 Å². The van der Waals surface area contributed by atoms with Crippen molar-refractivity contribution in [2.75, 3.05) is 13.1 Å². The number of nitrogens with one attached hydrogen (secondary N) is 1. The summed E-state index contributed by atoms with van der Waals surface area (Å²) in [5, 5.41) is 14.1. The van der Waals surface area contributed by atoms with Crippen molar-refractivity contribution in [2.45, 2.75) is 6.42 Å². The second kappa shape index (κ2) is 3.73. The minimum absolute atomic E-state index is 0.841. The van der Waals surface area contributed by atoms with Crippen molar-refractivity contribution in [2.24, 2.45) is 0 Å². The minimum atomic E-state index is 0.841. The van der Waals surface area contributed by atoms with Gasteiger partial charge in [-0.1, -0.05) is 6.08 Å². The SMILES string of the molecule is N#Cc1sccc1C1=CCNCC1. The number of hydrogen-bond acceptors (Lipinski definition) is 3. The van der Waals surface area contributed by atoms with E-state index in [2.05, 4.69) is 17.5 Å². The highest BCUT2D eigenvalue weighted by atomic mass is 32.1. The largest absolute Gasteiger partial charge is 0.313 e. The maximum atomic E-state index is 8.86. The van der Waals surface area contributed by atoms with Gasteiger partial charge in [-0.05, 0) is 30.0 Å². The lowest BCUT2D eigenvalue weighted by Crippen LogP contribution is -2.20. The van der Waals surface area contributed by atoms with Crippen molar-refractivity contribution < 1.29 is 0 Å². The van der Waals surface area contributed by atoms with Crippen LogP contribution in [0.5, 0.6) is 0 Å². The van der Waals surface area contributed by atoms with Gasteiger partial charge in [0.15, 0.2) is 0 Å². The van der Waals surface area contributed by atoms with Crippen LogP contribution in [0.4, 0.5) is 0 Å². The Bertz CT molecular complexity index is 371. The topological polar surface area (TPSA) is 35.8 Å². The van der Waals surface area contributed by atoms with E-state index in [9.17, 15) is 0 Å². The predicted octanol–water partition coefficient (Wildman–Crippen LogP) is 2.00. The molecule has 0 radical (unpaired) electrons. The summed E-state index contributed by atoms with van der Waals surface area (Å²) in [4.78, 5) is 0.841. The zero-order chi connectivity index (χ0) is 9.10. The second-order valence-electron chi connectivity index (χ2n) is 2.96. The quantitative estimate of drug-likeness (QED) is 0.735. The van der Waals surface area contributed by atoms with Gasteiger partial charge < -0.3 is 5.32 Å². The normalized spacial score (nSPS) is 16.4. The zero-order valence-electron chi connectivity index (χ0n) is 7.21. The summed E-state index contributed by atoms with van der Waals surface area (Å²) in [6.45, 7) is 1.95.